The number of alkyl halides is 3. The molecular weight excluding hydrogens is 301 g/mol. The third-order valence-electron chi connectivity index (χ3n) is 2.17. The van der Waals surface area contributed by atoms with Crippen molar-refractivity contribution in [1.82, 2.24) is 20.2 Å². The number of H-pyrrole nitrogens is 1. The molecule has 4 nitrogen and oxygen atoms in total. The molecule has 0 unspecified atom stereocenters. The Morgan fingerprint density at radius 1 is 1.42 bits per heavy atom. The number of nitrogens with one attached hydrogen (secondary N) is 1. The number of aromatic amines is 1. The molecule has 0 aliphatic heterocycles. The molecule has 0 spiro atoms. The lowest BCUT2D eigenvalue weighted by atomic mass is 10.3. The quantitative estimate of drug-likeness (QED) is 0.941. The van der Waals surface area contributed by atoms with E-state index in [0.717, 1.165) is 24.0 Å². The van der Waals surface area contributed by atoms with E-state index in [4.69, 9.17) is 11.6 Å². The highest BCUT2D eigenvalue weighted by Gasteiger charge is 2.31. The van der Waals surface area contributed by atoms with Crippen LogP contribution in [0.3, 0.4) is 0 Å². The number of hydrogen-bond acceptors (Lipinski definition) is 4. The second kappa shape index (κ2) is 5.38. The Balaban J connectivity index is 2.22. The van der Waals surface area contributed by atoms with Gasteiger partial charge in [0.2, 0.25) is 5.16 Å². The van der Waals surface area contributed by atoms with Gasteiger partial charge in [0.05, 0.1) is 10.6 Å². The van der Waals surface area contributed by atoms with Gasteiger partial charge in [0, 0.05) is 12.6 Å². The average Bonchev–Trinajstić information content (AvgIpc) is 2.78. The molecule has 0 radical (unpaired) electrons. The molecule has 2 heterocycles. The Morgan fingerprint density at radius 3 is 2.68 bits per heavy atom. The number of rotatable bonds is 3. The summed E-state index contributed by atoms with van der Waals surface area (Å²) in [5.41, 5.74) is -0.883. The molecule has 0 aliphatic carbocycles. The number of halogens is 4. The molecule has 2 aromatic heterocycles. The fourth-order valence-corrected chi connectivity index (χ4v) is 2.19. The predicted octanol–water partition coefficient (Wildman–Crippen LogP) is 3.59. The minimum Gasteiger partial charge on any atom is -0.262 e. The Bertz CT molecular complexity index is 584. The fraction of sp³-hybridized carbons (Fsp3) is 0.300. The maximum Gasteiger partial charge on any atom is 0.417 e. The molecule has 0 bridgehead atoms. The van der Waals surface area contributed by atoms with Crippen LogP contribution in [0.15, 0.2) is 22.4 Å². The fourth-order valence-electron chi connectivity index (χ4n) is 1.22. The van der Waals surface area contributed by atoms with Crippen molar-refractivity contribution >= 4 is 23.4 Å². The lowest BCUT2D eigenvalue weighted by Crippen LogP contribution is -2.05. The number of aromatic nitrogens is 4. The van der Waals surface area contributed by atoms with Crippen molar-refractivity contribution in [3.63, 3.8) is 0 Å². The molecule has 1 N–H and O–H groups in total. The summed E-state index contributed by atoms with van der Waals surface area (Å²) in [6, 6.07) is 0.838. The zero-order valence-electron chi connectivity index (χ0n) is 9.62. The number of hydrogen-bond donors (Lipinski definition) is 1. The highest BCUT2D eigenvalue weighted by Crippen LogP contribution is 2.35. The minimum atomic E-state index is -4.46. The van der Waals surface area contributed by atoms with Crippen LogP contribution in [0.2, 0.25) is 5.02 Å². The van der Waals surface area contributed by atoms with E-state index in [1.165, 1.54) is 0 Å². The molecule has 102 valence electrons. The average molecular weight is 309 g/mol. The van der Waals surface area contributed by atoms with Crippen LogP contribution in [0.5, 0.6) is 0 Å². The first-order valence-electron chi connectivity index (χ1n) is 5.22. The summed E-state index contributed by atoms with van der Waals surface area (Å²) in [6.07, 6.45) is -3.04. The predicted molar refractivity (Wildman–Crippen MR) is 64.1 cm³/mol. The lowest BCUT2D eigenvalue weighted by Gasteiger charge is -2.07. The van der Waals surface area contributed by atoms with Crippen LogP contribution >= 0.6 is 23.4 Å². The van der Waals surface area contributed by atoms with Crippen molar-refractivity contribution in [2.24, 2.45) is 0 Å². The molecule has 0 saturated carbocycles. The van der Waals surface area contributed by atoms with Crippen LogP contribution in [0.4, 0.5) is 13.2 Å². The van der Waals surface area contributed by atoms with E-state index in [-0.39, 0.29) is 10.0 Å². The van der Waals surface area contributed by atoms with Gasteiger partial charge in [0.25, 0.3) is 0 Å². The van der Waals surface area contributed by atoms with Crippen LogP contribution in [-0.4, -0.2) is 20.2 Å². The molecule has 0 aliphatic rings. The summed E-state index contributed by atoms with van der Waals surface area (Å²) in [5, 5.41) is 7.12. The van der Waals surface area contributed by atoms with E-state index in [1.807, 2.05) is 6.92 Å². The summed E-state index contributed by atoms with van der Waals surface area (Å²) >= 11 is 6.78. The molecule has 9 heteroatoms. The molecule has 2 rings (SSSR count). The van der Waals surface area contributed by atoms with Gasteiger partial charge in [-0.05, 0) is 17.8 Å². The van der Waals surface area contributed by atoms with Gasteiger partial charge in [-0.15, -0.1) is 5.10 Å². The standard InChI is InChI=1S/C10H8ClF3N4S/c1-2-7-16-9(18-17-7)19-8-6(11)3-5(4-15-8)10(12,13)14/h3-4H,2H2,1H3,(H,16,17,18). The van der Waals surface area contributed by atoms with Crippen molar-refractivity contribution in [2.75, 3.05) is 0 Å². The molecule has 0 fully saturated rings. The van der Waals surface area contributed by atoms with Crippen molar-refractivity contribution in [2.45, 2.75) is 29.7 Å². The van der Waals surface area contributed by atoms with Gasteiger partial charge in [-0.2, -0.15) is 13.2 Å². The first-order chi connectivity index (χ1) is 8.90. The summed E-state index contributed by atoms with van der Waals surface area (Å²) in [7, 11) is 0. The van der Waals surface area contributed by atoms with Crippen molar-refractivity contribution < 1.29 is 13.2 Å². The van der Waals surface area contributed by atoms with Crippen LogP contribution in [-0.2, 0) is 12.6 Å². The van der Waals surface area contributed by atoms with Crippen LogP contribution in [0.1, 0.15) is 18.3 Å². The van der Waals surface area contributed by atoms with Gasteiger partial charge in [-0.25, -0.2) is 9.97 Å². The SMILES string of the molecule is CCc1nc(Sc2ncc(C(F)(F)F)cc2Cl)n[nH]1. The van der Waals surface area contributed by atoms with Gasteiger partial charge in [-0.1, -0.05) is 18.5 Å². The molecule has 0 amide bonds. The molecular formula is C10H8ClF3N4S. The van der Waals surface area contributed by atoms with Gasteiger partial charge in [-0.3, -0.25) is 5.10 Å². The number of pyridine rings is 1. The second-order valence-corrected chi connectivity index (χ2v) is 4.89. The van der Waals surface area contributed by atoms with Crippen LogP contribution in [0, 0.1) is 0 Å². The van der Waals surface area contributed by atoms with Gasteiger partial charge < -0.3 is 0 Å². The van der Waals surface area contributed by atoms with E-state index >= 15 is 0 Å². The summed E-state index contributed by atoms with van der Waals surface area (Å²) in [6.45, 7) is 1.90. The van der Waals surface area contributed by atoms with Crippen molar-refractivity contribution in [3.05, 3.63) is 28.7 Å². The minimum absolute atomic E-state index is 0.0809. The third kappa shape index (κ3) is 3.38. The van der Waals surface area contributed by atoms with E-state index in [2.05, 4.69) is 20.2 Å². The Hall–Kier alpha value is -1.28. The Morgan fingerprint density at radius 2 is 2.16 bits per heavy atom. The Kier molecular flexibility index (Phi) is 4.00. The second-order valence-electron chi connectivity index (χ2n) is 3.53. The molecule has 2 aromatic rings. The summed E-state index contributed by atoms with van der Waals surface area (Å²) in [5.74, 6) is 0.686. The van der Waals surface area contributed by atoms with Crippen LogP contribution in [0.25, 0.3) is 0 Å². The van der Waals surface area contributed by atoms with E-state index in [0.29, 0.717) is 17.4 Å². The van der Waals surface area contributed by atoms with Crippen molar-refractivity contribution in [1.29, 1.82) is 0 Å². The normalized spacial score (nSPS) is 11.8. The maximum atomic E-state index is 12.4. The smallest absolute Gasteiger partial charge is 0.262 e. The highest BCUT2D eigenvalue weighted by molar-refractivity contribution is 7.99. The zero-order chi connectivity index (χ0) is 14.0. The first-order valence-corrected chi connectivity index (χ1v) is 6.41. The molecule has 0 saturated heterocycles. The zero-order valence-corrected chi connectivity index (χ0v) is 11.2. The number of aryl methyl sites for hydroxylation is 1. The molecule has 0 aromatic carbocycles. The summed E-state index contributed by atoms with van der Waals surface area (Å²) < 4.78 is 37.3. The summed E-state index contributed by atoms with van der Waals surface area (Å²) in [4.78, 5) is 7.80. The van der Waals surface area contributed by atoms with Gasteiger partial charge in [0.15, 0.2) is 0 Å². The topological polar surface area (TPSA) is 54.5 Å². The maximum absolute atomic E-state index is 12.4. The third-order valence-corrected chi connectivity index (χ3v) is 3.45. The van der Waals surface area contributed by atoms with Crippen LogP contribution < -0.4 is 0 Å². The van der Waals surface area contributed by atoms with E-state index < -0.39 is 11.7 Å². The highest BCUT2D eigenvalue weighted by atomic mass is 35.5. The Labute approximate surface area is 115 Å². The lowest BCUT2D eigenvalue weighted by molar-refractivity contribution is -0.137. The monoisotopic (exact) mass is 308 g/mol. The van der Waals surface area contributed by atoms with Gasteiger partial charge >= 0.3 is 6.18 Å². The molecule has 0 atom stereocenters. The van der Waals surface area contributed by atoms with E-state index in [9.17, 15) is 13.2 Å². The van der Waals surface area contributed by atoms with E-state index in [1.54, 1.807) is 0 Å². The van der Waals surface area contributed by atoms with Gasteiger partial charge in [0.1, 0.15) is 10.9 Å². The largest absolute Gasteiger partial charge is 0.417 e. The number of nitrogens with zero attached hydrogens (tertiary/aromatic N) is 3. The van der Waals surface area contributed by atoms with Crippen molar-refractivity contribution in [3.8, 4) is 0 Å². The molecule has 19 heavy (non-hydrogen) atoms. The first kappa shape index (κ1) is 14.1.